The maximum Gasteiger partial charge on any atom is 0.0320 e. The summed E-state index contributed by atoms with van der Waals surface area (Å²) in [5.74, 6) is 0.455. The molecule has 0 unspecified atom stereocenters. The van der Waals surface area contributed by atoms with Gasteiger partial charge in [-0.3, -0.25) is 0 Å². The number of benzene rings is 1. The summed E-state index contributed by atoms with van der Waals surface area (Å²) in [5.41, 5.74) is 15.8. The van der Waals surface area contributed by atoms with E-state index in [1.165, 1.54) is 11.1 Å². The Balaban J connectivity index is 2.51. The van der Waals surface area contributed by atoms with E-state index in [-0.39, 0.29) is 0 Å². The molecule has 1 atom stereocenters. The van der Waals surface area contributed by atoms with Gasteiger partial charge in [0.2, 0.25) is 0 Å². The molecule has 2 rings (SSSR count). The van der Waals surface area contributed by atoms with Crippen LogP contribution in [0, 0.1) is 5.92 Å². The molecule has 1 aromatic carbocycles. The average Bonchev–Trinajstić information content (AvgIpc) is 2.08. The maximum atomic E-state index is 5.86. The standard InChI is InChI=1S/C11H14N2/c1-7-4-8-2-3-10(12)5-9(8)6-11(7)13/h2-3,5-7H,4,12-13H2,1H3/t7-/m1/s1. The molecule has 0 aliphatic heterocycles. The highest BCUT2D eigenvalue weighted by molar-refractivity contribution is 5.63. The van der Waals surface area contributed by atoms with Crippen LogP contribution in [0.2, 0.25) is 0 Å². The van der Waals surface area contributed by atoms with Crippen LogP contribution in [0.15, 0.2) is 23.9 Å². The summed E-state index contributed by atoms with van der Waals surface area (Å²) in [6.07, 6.45) is 3.05. The van der Waals surface area contributed by atoms with Crippen molar-refractivity contribution in [2.75, 3.05) is 5.73 Å². The number of anilines is 1. The molecular formula is C11H14N2. The van der Waals surface area contributed by atoms with Gasteiger partial charge in [0.25, 0.3) is 0 Å². The smallest absolute Gasteiger partial charge is 0.0320 e. The van der Waals surface area contributed by atoms with E-state index in [1.54, 1.807) is 0 Å². The number of rotatable bonds is 0. The monoisotopic (exact) mass is 174 g/mol. The highest BCUT2D eigenvalue weighted by atomic mass is 14.6. The van der Waals surface area contributed by atoms with E-state index >= 15 is 0 Å². The van der Waals surface area contributed by atoms with E-state index in [2.05, 4.69) is 13.0 Å². The van der Waals surface area contributed by atoms with Crippen molar-refractivity contribution in [1.82, 2.24) is 0 Å². The minimum atomic E-state index is 0.455. The summed E-state index contributed by atoms with van der Waals surface area (Å²) in [6.45, 7) is 2.14. The van der Waals surface area contributed by atoms with Crippen LogP contribution < -0.4 is 11.5 Å². The zero-order valence-electron chi connectivity index (χ0n) is 7.75. The lowest BCUT2D eigenvalue weighted by Gasteiger charge is -2.20. The third-order valence-electron chi connectivity index (χ3n) is 2.59. The Labute approximate surface area is 78.2 Å². The first-order valence-corrected chi connectivity index (χ1v) is 4.52. The van der Waals surface area contributed by atoms with Gasteiger partial charge in [0.05, 0.1) is 0 Å². The average molecular weight is 174 g/mol. The number of fused-ring (bicyclic) bond motifs is 1. The number of hydrogen-bond donors (Lipinski definition) is 2. The second-order valence-corrected chi connectivity index (χ2v) is 3.71. The van der Waals surface area contributed by atoms with Gasteiger partial charge in [0.15, 0.2) is 0 Å². The first-order valence-electron chi connectivity index (χ1n) is 4.52. The predicted octanol–water partition coefficient (Wildman–Crippen LogP) is 1.76. The van der Waals surface area contributed by atoms with E-state index in [0.717, 1.165) is 17.8 Å². The molecule has 0 saturated carbocycles. The summed E-state index contributed by atoms with van der Waals surface area (Å²) < 4.78 is 0. The summed E-state index contributed by atoms with van der Waals surface area (Å²) in [7, 11) is 0. The Bertz CT molecular complexity index is 366. The topological polar surface area (TPSA) is 52.0 Å². The summed E-state index contributed by atoms with van der Waals surface area (Å²) in [6, 6.07) is 6.01. The fraction of sp³-hybridized carbons (Fsp3) is 0.273. The minimum absolute atomic E-state index is 0.455. The molecule has 0 aromatic heterocycles. The molecule has 0 bridgehead atoms. The third kappa shape index (κ3) is 1.39. The van der Waals surface area contributed by atoms with Crippen LogP contribution in [0.1, 0.15) is 18.1 Å². The zero-order valence-corrected chi connectivity index (χ0v) is 7.75. The quantitative estimate of drug-likeness (QED) is 0.589. The SMILES string of the molecule is C[C@@H]1Cc2ccc(N)cc2C=C1N. The first kappa shape index (κ1) is 8.17. The summed E-state index contributed by atoms with van der Waals surface area (Å²) in [4.78, 5) is 0. The van der Waals surface area contributed by atoms with Gasteiger partial charge < -0.3 is 11.5 Å². The molecule has 13 heavy (non-hydrogen) atoms. The third-order valence-corrected chi connectivity index (χ3v) is 2.59. The van der Waals surface area contributed by atoms with Crippen molar-refractivity contribution in [3.05, 3.63) is 35.0 Å². The number of nitrogen functional groups attached to an aromatic ring is 1. The van der Waals surface area contributed by atoms with E-state index in [9.17, 15) is 0 Å². The van der Waals surface area contributed by atoms with Crippen LogP contribution in [-0.4, -0.2) is 0 Å². The Hall–Kier alpha value is -1.44. The van der Waals surface area contributed by atoms with Gasteiger partial charge in [-0.2, -0.15) is 0 Å². The van der Waals surface area contributed by atoms with Crippen LogP contribution in [0.4, 0.5) is 5.69 Å². The van der Waals surface area contributed by atoms with E-state index in [4.69, 9.17) is 11.5 Å². The molecule has 1 aromatic rings. The van der Waals surface area contributed by atoms with E-state index in [1.807, 2.05) is 18.2 Å². The fourth-order valence-electron chi connectivity index (χ4n) is 1.70. The zero-order chi connectivity index (χ0) is 9.42. The van der Waals surface area contributed by atoms with Gasteiger partial charge in [-0.1, -0.05) is 13.0 Å². The molecule has 0 saturated heterocycles. The minimum Gasteiger partial charge on any atom is -0.402 e. The van der Waals surface area contributed by atoms with Crippen molar-refractivity contribution in [2.45, 2.75) is 13.3 Å². The van der Waals surface area contributed by atoms with Crippen molar-refractivity contribution >= 4 is 11.8 Å². The van der Waals surface area contributed by atoms with Crippen LogP contribution in [0.3, 0.4) is 0 Å². The van der Waals surface area contributed by atoms with Gasteiger partial charge in [-0.25, -0.2) is 0 Å². The van der Waals surface area contributed by atoms with Crippen molar-refractivity contribution < 1.29 is 0 Å². The van der Waals surface area contributed by atoms with Crippen molar-refractivity contribution in [1.29, 1.82) is 0 Å². The Morgan fingerprint density at radius 1 is 1.31 bits per heavy atom. The van der Waals surface area contributed by atoms with Crippen LogP contribution >= 0.6 is 0 Å². The van der Waals surface area contributed by atoms with Crippen LogP contribution in [0.25, 0.3) is 6.08 Å². The van der Waals surface area contributed by atoms with Gasteiger partial charge >= 0.3 is 0 Å². The fourth-order valence-corrected chi connectivity index (χ4v) is 1.70. The van der Waals surface area contributed by atoms with Crippen LogP contribution in [-0.2, 0) is 6.42 Å². The van der Waals surface area contributed by atoms with Gasteiger partial charge in [0.1, 0.15) is 0 Å². The highest BCUT2D eigenvalue weighted by Crippen LogP contribution is 2.26. The van der Waals surface area contributed by atoms with Gasteiger partial charge in [-0.05, 0) is 41.7 Å². The van der Waals surface area contributed by atoms with Crippen molar-refractivity contribution in [3.63, 3.8) is 0 Å². The molecule has 0 spiro atoms. The lowest BCUT2D eigenvalue weighted by atomic mass is 9.88. The van der Waals surface area contributed by atoms with Gasteiger partial charge in [0, 0.05) is 11.4 Å². The summed E-state index contributed by atoms with van der Waals surface area (Å²) >= 11 is 0. The first-order chi connectivity index (χ1) is 6.16. The number of nitrogens with two attached hydrogens (primary N) is 2. The largest absolute Gasteiger partial charge is 0.402 e. The molecule has 4 N–H and O–H groups in total. The molecule has 1 aliphatic carbocycles. The summed E-state index contributed by atoms with van der Waals surface area (Å²) in [5, 5.41) is 0. The molecule has 0 amide bonds. The predicted molar refractivity (Wildman–Crippen MR) is 55.9 cm³/mol. The van der Waals surface area contributed by atoms with Gasteiger partial charge in [-0.15, -0.1) is 0 Å². The molecule has 0 heterocycles. The molecule has 68 valence electrons. The highest BCUT2D eigenvalue weighted by Gasteiger charge is 2.14. The maximum absolute atomic E-state index is 5.86. The lowest BCUT2D eigenvalue weighted by Crippen LogP contribution is -2.15. The van der Waals surface area contributed by atoms with E-state index < -0.39 is 0 Å². The number of hydrogen-bond acceptors (Lipinski definition) is 2. The lowest BCUT2D eigenvalue weighted by molar-refractivity contribution is 0.664. The van der Waals surface area contributed by atoms with Crippen molar-refractivity contribution in [3.8, 4) is 0 Å². The molecule has 2 nitrogen and oxygen atoms in total. The van der Waals surface area contributed by atoms with Crippen molar-refractivity contribution in [2.24, 2.45) is 11.7 Å². The Morgan fingerprint density at radius 3 is 2.85 bits per heavy atom. The molecule has 0 fully saturated rings. The second-order valence-electron chi connectivity index (χ2n) is 3.71. The Kier molecular flexibility index (Phi) is 1.76. The molecular weight excluding hydrogens is 160 g/mol. The Morgan fingerprint density at radius 2 is 2.08 bits per heavy atom. The van der Waals surface area contributed by atoms with E-state index in [0.29, 0.717) is 5.92 Å². The normalized spacial score (nSPS) is 20.7. The number of allylic oxidation sites excluding steroid dienone is 1. The second kappa shape index (κ2) is 2.80. The molecule has 2 heteroatoms. The molecule has 1 aliphatic rings. The van der Waals surface area contributed by atoms with Crippen LogP contribution in [0.5, 0.6) is 0 Å². The molecule has 0 radical (unpaired) electrons.